The minimum absolute atomic E-state index is 0.154. The van der Waals surface area contributed by atoms with Crippen LogP contribution >= 0.6 is 12.2 Å². The van der Waals surface area contributed by atoms with Gasteiger partial charge in [0.05, 0.1) is 0 Å². The molecule has 0 bridgehead atoms. The zero-order valence-electron chi connectivity index (χ0n) is 13.6. The van der Waals surface area contributed by atoms with Crippen LogP contribution in [0.25, 0.3) is 0 Å². The summed E-state index contributed by atoms with van der Waals surface area (Å²) >= 11 is 5.59. The molecule has 2 fully saturated rings. The molecular weight excluding hydrogens is 309 g/mol. The molecule has 0 unspecified atom stereocenters. The molecule has 1 aliphatic heterocycles. The molecular formula is C18H26FN3S. The molecule has 1 saturated heterocycles. The van der Waals surface area contributed by atoms with Gasteiger partial charge in [-0.1, -0.05) is 31.4 Å². The summed E-state index contributed by atoms with van der Waals surface area (Å²) in [5.74, 6) is -0.154. The number of thiocarbonyl (C=S) groups is 1. The summed E-state index contributed by atoms with van der Waals surface area (Å²) < 4.78 is 13.3. The zero-order valence-corrected chi connectivity index (χ0v) is 14.5. The van der Waals surface area contributed by atoms with Crippen molar-refractivity contribution < 1.29 is 4.39 Å². The Kier molecular flexibility index (Phi) is 5.84. The van der Waals surface area contributed by atoms with Crippen molar-refractivity contribution in [2.24, 2.45) is 0 Å². The highest BCUT2D eigenvalue weighted by atomic mass is 32.1. The average molecular weight is 335 g/mol. The van der Waals surface area contributed by atoms with Crippen LogP contribution in [0.15, 0.2) is 24.3 Å². The Morgan fingerprint density at radius 2 is 1.87 bits per heavy atom. The zero-order chi connectivity index (χ0) is 16.1. The molecule has 0 spiro atoms. The van der Waals surface area contributed by atoms with Gasteiger partial charge in [0, 0.05) is 38.8 Å². The molecule has 0 radical (unpaired) electrons. The maximum absolute atomic E-state index is 13.3. The topological polar surface area (TPSA) is 18.5 Å². The SMILES string of the molecule is Fc1cccc(CN2CCN(C(=S)NC3CCCCC3)CC2)c1. The van der Waals surface area contributed by atoms with Gasteiger partial charge in [0.25, 0.3) is 0 Å². The van der Waals surface area contributed by atoms with E-state index in [1.165, 1.54) is 38.2 Å². The summed E-state index contributed by atoms with van der Waals surface area (Å²) in [6.45, 7) is 4.67. The van der Waals surface area contributed by atoms with Crippen LogP contribution < -0.4 is 5.32 Å². The fraction of sp³-hybridized carbons (Fsp3) is 0.611. The van der Waals surface area contributed by atoms with E-state index in [-0.39, 0.29) is 5.82 Å². The summed E-state index contributed by atoms with van der Waals surface area (Å²) in [6.07, 6.45) is 6.51. The van der Waals surface area contributed by atoms with Gasteiger partial charge in [0.1, 0.15) is 5.82 Å². The maximum atomic E-state index is 13.3. The van der Waals surface area contributed by atoms with Gasteiger partial charge in [0.2, 0.25) is 0 Å². The lowest BCUT2D eigenvalue weighted by Crippen LogP contribution is -2.53. The second kappa shape index (κ2) is 8.06. The van der Waals surface area contributed by atoms with Crippen LogP contribution in [0, 0.1) is 5.82 Å². The van der Waals surface area contributed by atoms with E-state index in [0.717, 1.165) is 43.4 Å². The summed E-state index contributed by atoms with van der Waals surface area (Å²) in [6, 6.07) is 7.47. The summed E-state index contributed by atoms with van der Waals surface area (Å²) in [4.78, 5) is 4.65. The summed E-state index contributed by atoms with van der Waals surface area (Å²) in [7, 11) is 0. The molecule has 0 aromatic heterocycles. The second-order valence-corrected chi connectivity index (χ2v) is 7.06. The summed E-state index contributed by atoms with van der Waals surface area (Å²) in [5, 5.41) is 4.47. The molecule has 0 amide bonds. The van der Waals surface area contributed by atoms with Crippen molar-refractivity contribution in [1.82, 2.24) is 15.1 Å². The minimum atomic E-state index is -0.154. The fourth-order valence-corrected chi connectivity index (χ4v) is 3.86. The number of nitrogens with zero attached hydrogens (tertiary/aromatic N) is 2. The number of hydrogen-bond donors (Lipinski definition) is 1. The van der Waals surface area contributed by atoms with Gasteiger partial charge in [-0.2, -0.15) is 0 Å². The van der Waals surface area contributed by atoms with Crippen molar-refractivity contribution in [2.75, 3.05) is 26.2 Å². The second-order valence-electron chi connectivity index (χ2n) is 6.68. The van der Waals surface area contributed by atoms with Crippen LogP contribution in [-0.2, 0) is 6.54 Å². The first-order chi connectivity index (χ1) is 11.2. The lowest BCUT2D eigenvalue weighted by Gasteiger charge is -2.37. The van der Waals surface area contributed by atoms with Crippen LogP contribution in [0.4, 0.5) is 4.39 Å². The lowest BCUT2D eigenvalue weighted by molar-refractivity contribution is 0.173. The molecule has 23 heavy (non-hydrogen) atoms. The Hall–Kier alpha value is -1.20. The Morgan fingerprint density at radius 1 is 1.13 bits per heavy atom. The van der Waals surface area contributed by atoms with Crippen LogP contribution in [0.1, 0.15) is 37.7 Å². The average Bonchev–Trinajstić information content (AvgIpc) is 2.56. The summed E-state index contributed by atoms with van der Waals surface area (Å²) in [5.41, 5.74) is 1.04. The molecule has 3 rings (SSSR count). The molecule has 1 N–H and O–H groups in total. The number of nitrogens with one attached hydrogen (secondary N) is 1. The highest BCUT2D eigenvalue weighted by Crippen LogP contribution is 2.18. The largest absolute Gasteiger partial charge is 0.360 e. The maximum Gasteiger partial charge on any atom is 0.169 e. The molecule has 1 heterocycles. The van der Waals surface area contributed by atoms with E-state index < -0.39 is 0 Å². The van der Waals surface area contributed by atoms with E-state index in [4.69, 9.17) is 12.2 Å². The third-order valence-corrected chi connectivity index (χ3v) is 5.26. The number of rotatable bonds is 3. The van der Waals surface area contributed by atoms with Gasteiger partial charge in [0.15, 0.2) is 5.11 Å². The molecule has 0 atom stereocenters. The van der Waals surface area contributed by atoms with Gasteiger partial charge >= 0.3 is 0 Å². The third kappa shape index (κ3) is 4.88. The smallest absolute Gasteiger partial charge is 0.169 e. The first-order valence-electron chi connectivity index (χ1n) is 8.73. The normalized spacial score (nSPS) is 20.5. The fourth-order valence-electron chi connectivity index (χ4n) is 3.52. The Morgan fingerprint density at radius 3 is 2.57 bits per heavy atom. The molecule has 126 valence electrons. The van der Waals surface area contributed by atoms with Gasteiger partial charge < -0.3 is 10.2 Å². The molecule has 3 nitrogen and oxygen atoms in total. The van der Waals surface area contributed by atoms with Gasteiger partial charge in [-0.3, -0.25) is 4.90 Å². The minimum Gasteiger partial charge on any atom is -0.360 e. The Labute approximate surface area is 143 Å². The lowest BCUT2D eigenvalue weighted by atomic mass is 9.96. The van der Waals surface area contributed by atoms with E-state index >= 15 is 0 Å². The van der Waals surface area contributed by atoms with Crippen molar-refractivity contribution >= 4 is 17.3 Å². The highest BCUT2D eigenvalue weighted by molar-refractivity contribution is 7.80. The van der Waals surface area contributed by atoms with Gasteiger partial charge in [-0.15, -0.1) is 0 Å². The van der Waals surface area contributed by atoms with Crippen molar-refractivity contribution in [1.29, 1.82) is 0 Å². The monoisotopic (exact) mass is 335 g/mol. The molecule has 1 aliphatic carbocycles. The van der Waals surface area contributed by atoms with Crippen LogP contribution in [0.3, 0.4) is 0 Å². The molecule has 1 saturated carbocycles. The molecule has 1 aromatic carbocycles. The Balaban J connectivity index is 1.43. The molecule has 2 aliphatic rings. The number of halogens is 1. The van der Waals surface area contributed by atoms with Crippen LogP contribution in [0.2, 0.25) is 0 Å². The van der Waals surface area contributed by atoms with Gasteiger partial charge in [-0.05, 0) is 42.8 Å². The molecule has 1 aromatic rings. The highest BCUT2D eigenvalue weighted by Gasteiger charge is 2.21. The number of piperazine rings is 1. The molecule has 5 heteroatoms. The predicted octanol–water partition coefficient (Wildman–Crippen LogP) is 3.15. The first-order valence-corrected chi connectivity index (χ1v) is 9.14. The number of hydrogen-bond acceptors (Lipinski definition) is 2. The van der Waals surface area contributed by atoms with E-state index in [0.29, 0.717) is 6.04 Å². The third-order valence-electron chi connectivity index (χ3n) is 4.89. The van der Waals surface area contributed by atoms with Crippen LogP contribution in [-0.4, -0.2) is 47.1 Å². The number of benzene rings is 1. The predicted molar refractivity (Wildman–Crippen MR) is 95.9 cm³/mol. The quantitative estimate of drug-likeness (QED) is 0.855. The Bertz CT molecular complexity index is 523. The first kappa shape index (κ1) is 16.7. The van der Waals surface area contributed by atoms with Gasteiger partial charge in [-0.25, -0.2) is 4.39 Å². The van der Waals surface area contributed by atoms with E-state index in [1.807, 2.05) is 6.07 Å². The van der Waals surface area contributed by atoms with Crippen molar-refractivity contribution in [3.63, 3.8) is 0 Å². The van der Waals surface area contributed by atoms with E-state index in [1.54, 1.807) is 12.1 Å². The van der Waals surface area contributed by atoms with E-state index in [2.05, 4.69) is 15.1 Å². The van der Waals surface area contributed by atoms with Crippen molar-refractivity contribution in [3.05, 3.63) is 35.6 Å². The van der Waals surface area contributed by atoms with E-state index in [9.17, 15) is 4.39 Å². The standard InChI is InChI=1S/C18H26FN3S/c19-16-6-4-5-15(13-16)14-21-9-11-22(12-10-21)18(23)20-17-7-2-1-3-8-17/h4-6,13,17H,1-3,7-12,14H2,(H,20,23). The van der Waals surface area contributed by atoms with Crippen molar-refractivity contribution in [3.8, 4) is 0 Å². The van der Waals surface area contributed by atoms with Crippen LogP contribution in [0.5, 0.6) is 0 Å². The van der Waals surface area contributed by atoms with Crippen molar-refractivity contribution in [2.45, 2.75) is 44.7 Å².